The van der Waals surface area contributed by atoms with Crippen molar-refractivity contribution in [1.82, 2.24) is 14.9 Å². The van der Waals surface area contributed by atoms with Crippen LogP contribution in [0.1, 0.15) is 28.8 Å². The van der Waals surface area contributed by atoms with Gasteiger partial charge in [-0.05, 0) is 60.9 Å². The Kier molecular flexibility index (Phi) is 7.42. The fourth-order valence-electron chi connectivity index (χ4n) is 3.65. The summed E-state index contributed by atoms with van der Waals surface area (Å²) in [5.74, 6) is 0.0894. The van der Waals surface area contributed by atoms with Gasteiger partial charge in [0.05, 0.1) is 16.0 Å². The third kappa shape index (κ3) is 5.80. The topological polar surface area (TPSA) is 84.4 Å². The van der Waals surface area contributed by atoms with Crippen LogP contribution in [-0.4, -0.2) is 39.8 Å². The van der Waals surface area contributed by atoms with Crippen molar-refractivity contribution < 1.29 is 14.3 Å². The Morgan fingerprint density at radius 1 is 1.09 bits per heavy atom. The Balaban J connectivity index is 1.40. The summed E-state index contributed by atoms with van der Waals surface area (Å²) in [4.78, 5) is 35.9. The van der Waals surface area contributed by atoms with Gasteiger partial charge in [0.2, 0.25) is 5.91 Å². The number of hydrogen-bond donors (Lipinski definition) is 1. The number of piperidine rings is 1. The Bertz CT molecular complexity index is 1140. The van der Waals surface area contributed by atoms with Crippen LogP contribution in [0, 0.1) is 5.92 Å². The summed E-state index contributed by atoms with van der Waals surface area (Å²) in [6, 6.07) is 12.0. The number of halogens is 2. The van der Waals surface area contributed by atoms with Crippen molar-refractivity contribution in [2.24, 2.45) is 5.92 Å². The molecule has 9 heteroatoms. The molecule has 1 saturated heterocycles. The summed E-state index contributed by atoms with van der Waals surface area (Å²) < 4.78 is 5.86. The van der Waals surface area contributed by atoms with E-state index in [-0.39, 0.29) is 17.7 Å². The van der Waals surface area contributed by atoms with Crippen molar-refractivity contribution >= 4 is 40.8 Å². The van der Waals surface area contributed by atoms with E-state index in [1.807, 2.05) is 12.1 Å². The monoisotopic (exact) mass is 484 g/mol. The smallest absolute Gasteiger partial charge is 0.253 e. The summed E-state index contributed by atoms with van der Waals surface area (Å²) in [5.41, 5.74) is 1.40. The molecule has 2 amide bonds. The number of carbonyl (C=O) groups is 2. The highest BCUT2D eigenvalue weighted by atomic mass is 35.5. The first-order valence-corrected chi connectivity index (χ1v) is 11.3. The SMILES string of the molecule is O=C(Nc1ncccc1OCc1ccncc1)C1CCCN(C(=O)c2ccc(Cl)c(Cl)c2)C1. The lowest BCUT2D eigenvalue weighted by atomic mass is 9.96. The van der Waals surface area contributed by atoms with Crippen LogP contribution in [0.25, 0.3) is 0 Å². The largest absolute Gasteiger partial charge is 0.485 e. The van der Waals surface area contributed by atoms with Crippen LogP contribution in [0.4, 0.5) is 5.82 Å². The molecule has 0 bridgehead atoms. The van der Waals surface area contributed by atoms with Crippen molar-refractivity contribution in [3.8, 4) is 5.75 Å². The number of likely N-dealkylation sites (tertiary alicyclic amines) is 1. The van der Waals surface area contributed by atoms with Crippen molar-refractivity contribution in [3.05, 3.63) is 82.2 Å². The van der Waals surface area contributed by atoms with Crippen LogP contribution < -0.4 is 10.1 Å². The van der Waals surface area contributed by atoms with E-state index in [1.54, 1.807) is 53.8 Å². The standard InChI is InChI=1S/C24H22Cl2N4O3/c25-19-6-5-17(13-20(19)26)24(32)30-12-2-3-18(14-30)23(31)29-22-21(4-1-9-28-22)33-15-16-7-10-27-11-8-16/h1,4-11,13,18H,2-3,12,14-15H2,(H,28,29,31). The van der Waals surface area contributed by atoms with Gasteiger partial charge in [-0.1, -0.05) is 23.2 Å². The molecule has 33 heavy (non-hydrogen) atoms. The molecule has 1 atom stereocenters. The Morgan fingerprint density at radius 2 is 1.91 bits per heavy atom. The summed E-state index contributed by atoms with van der Waals surface area (Å²) in [7, 11) is 0. The molecular formula is C24H22Cl2N4O3. The van der Waals surface area contributed by atoms with E-state index in [1.165, 1.54) is 0 Å². The third-order valence-electron chi connectivity index (χ3n) is 5.40. The average Bonchev–Trinajstić information content (AvgIpc) is 2.85. The van der Waals surface area contributed by atoms with Gasteiger partial charge in [0.1, 0.15) is 6.61 Å². The lowest BCUT2D eigenvalue weighted by Crippen LogP contribution is -2.43. The van der Waals surface area contributed by atoms with Crippen LogP contribution in [0.15, 0.2) is 61.1 Å². The van der Waals surface area contributed by atoms with Gasteiger partial charge in [0, 0.05) is 37.2 Å². The average molecular weight is 485 g/mol. The molecule has 1 aliphatic heterocycles. The Hall–Kier alpha value is -3.16. The molecule has 0 spiro atoms. The molecule has 7 nitrogen and oxygen atoms in total. The maximum atomic E-state index is 13.0. The van der Waals surface area contributed by atoms with Crippen molar-refractivity contribution in [2.75, 3.05) is 18.4 Å². The van der Waals surface area contributed by atoms with E-state index in [4.69, 9.17) is 27.9 Å². The number of nitrogens with one attached hydrogen (secondary N) is 1. The minimum absolute atomic E-state index is 0.176. The van der Waals surface area contributed by atoms with Crippen LogP contribution in [0.3, 0.4) is 0 Å². The van der Waals surface area contributed by atoms with Crippen LogP contribution in [0.5, 0.6) is 5.75 Å². The molecule has 3 heterocycles. The van der Waals surface area contributed by atoms with Crippen molar-refractivity contribution in [2.45, 2.75) is 19.4 Å². The van der Waals surface area contributed by atoms with Crippen molar-refractivity contribution in [1.29, 1.82) is 0 Å². The molecule has 1 N–H and O–H groups in total. The second kappa shape index (κ2) is 10.6. The number of benzene rings is 1. The first-order valence-electron chi connectivity index (χ1n) is 10.5. The Morgan fingerprint density at radius 3 is 2.70 bits per heavy atom. The fourth-order valence-corrected chi connectivity index (χ4v) is 3.95. The van der Waals surface area contributed by atoms with E-state index in [0.29, 0.717) is 53.3 Å². The predicted octanol–water partition coefficient (Wildman–Crippen LogP) is 4.85. The van der Waals surface area contributed by atoms with E-state index < -0.39 is 0 Å². The molecule has 3 aromatic rings. The van der Waals surface area contributed by atoms with Gasteiger partial charge in [0.25, 0.3) is 5.91 Å². The number of carbonyl (C=O) groups excluding carboxylic acids is 2. The predicted molar refractivity (Wildman–Crippen MR) is 127 cm³/mol. The lowest BCUT2D eigenvalue weighted by Gasteiger charge is -2.32. The summed E-state index contributed by atoms with van der Waals surface area (Å²) in [6.45, 7) is 1.21. The minimum Gasteiger partial charge on any atom is -0.485 e. The summed E-state index contributed by atoms with van der Waals surface area (Å²) >= 11 is 12.0. The van der Waals surface area contributed by atoms with Crippen LogP contribution >= 0.6 is 23.2 Å². The molecule has 170 valence electrons. The number of amides is 2. The lowest BCUT2D eigenvalue weighted by molar-refractivity contribution is -0.121. The number of ether oxygens (including phenoxy) is 1. The Labute approximate surface area is 201 Å². The van der Waals surface area contributed by atoms with Crippen molar-refractivity contribution in [3.63, 3.8) is 0 Å². The second-order valence-electron chi connectivity index (χ2n) is 7.70. The zero-order valence-electron chi connectivity index (χ0n) is 17.7. The summed E-state index contributed by atoms with van der Waals surface area (Å²) in [6.07, 6.45) is 6.38. The highest BCUT2D eigenvalue weighted by Crippen LogP contribution is 2.27. The highest BCUT2D eigenvalue weighted by Gasteiger charge is 2.29. The number of anilines is 1. The van der Waals surface area contributed by atoms with Gasteiger partial charge in [-0.15, -0.1) is 0 Å². The minimum atomic E-state index is -0.361. The molecule has 2 aromatic heterocycles. The number of aromatic nitrogens is 2. The molecule has 4 rings (SSSR count). The van der Waals surface area contributed by atoms with Gasteiger partial charge < -0.3 is 15.0 Å². The highest BCUT2D eigenvalue weighted by molar-refractivity contribution is 6.42. The van der Waals surface area contributed by atoms with Gasteiger partial charge in [-0.25, -0.2) is 4.98 Å². The maximum Gasteiger partial charge on any atom is 0.253 e. The van der Waals surface area contributed by atoms with Gasteiger partial charge in [-0.2, -0.15) is 0 Å². The third-order valence-corrected chi connectivity index (χ3v) is 6.14. The first-order chi connectivity index (χ1) is 16.0. The fraction of sp³-hybridized carbons (Fsp3) is 0.250. The van der Waals surface area contributed by atoms with Gasteiger partial charge in [-0.3, -0.25) is 14.6 Å². The van der Waals surface area contributed by atoms with Crippen LogP contribution in [0.2, 0.25) is 10.0 Å². The number of hydrogen-bond acceptors (Lipinski definition) is 5. The molecule has 0 aliphatic carbocycles. The number of pyridine rings is 2. The van der Waals surface area contributed by atoms with E-state index >= 15 is 0 Å². The maximum absolute atomic E-state index is 13.0. The zero-order valence-corrected chi connectivity index (χ0v) is 19.2. The van der Waals surface area contributed by atoms with Gasteiger partial charge in [0.15, 0.2) is 11.6 Å². The van der Waals surface area contributed by atoms with Gasteiger partial charge >= 0.3 is 0 Å². The molecule has 1 fully saturated rings. The zero-order chi connectivity index (χ0) is 23.2. The number of nitrogens with zero attached hydrogens (tertiary/aromatic N) is 3. The second-order valence-corrected chi connectivity index (χ2v) is 8.52. The molecule has 0 radical (unpaired) electrons. The molecule has 1 aromatic carbocycles. The van der Waals surface area contributed by atoms with E-state index in [0.717, 1.165) is 12.0 Å². The molecular weight excluding hydrogens is 463 g/mol. The molecule has 0 saturated carbocycles. The van der Waals surface area contributed by atoms with Crippen LogP contribution in [-0.2, 0) is 11.4 Å². The summed E-state index contributed by atoms with van der Waals surface area (Å²) in [5, 5.41) is 3.58. The van der Waals surface area contributed by atoms with E-state index in [9.17, 15) is 9.59 Å². The molecule has 1 aliphatic rings. The van der Waals surface area contributed by atoms with E-state index in [2.05, 4.69) is 15.3 Å². The first kappa shape index (κ1) is 23.0. The number of rotatable bonds is 6. The molecule has 1 unspecified atom stereocenters. The normalized spacial score (nSPS) is 15.7. The quantitative estimate of drug-likeness (QED) is 0.540.